The van der Waals surface area contributed by atoms with E-state index in [0.29, 0.717) is 12.0 Å². The molecule has 21 heavy (non-hydrogen) atoms. The van der Waals surface area contributed by atoms with Crippen LogP contribution < -0.4 is 4.74 Å². The zero-order valence-corrected chi connectivity index (χ0v) is 13.0. The van der Waals surface area contributed by atoms with Crippen LogP contribution in [0.5, 0.6) is 5.75 Å². The molecule has 1 saturated heterocycles. The van der Waals surface area contributed by atoms with Gasteiger partial charge in [-0.15, -0.1) is 0 Å². The van der Waals surface area contributed by atoms with E-state index in [1.54, 1.807) is 7.11 Å². The highest BCUT2D eigenvalue weighted by atomic mass is 16.5. The second-order valence-corrected chi connectivity index (χ2v) is 7.22. The van der Waals surface area contributed by atoms with E-state index >= 15 is 0 Å². The van der Waals surface area contributed by atoms with Gasteiger partial charge in [-0.2, -0.15) is 0 Å². The molecule has 114 valence electrons. The number of likely N-dealkylation sites (tertiary alicyclic amines) is 1. The molecule has 0 aromatic heterocycles. The third kappa shape index (κ3) is 1.87. The van der Waals surface area contributed by atoms with Crippen molar-refractivity contribution in [1.29, 1.82) is 0 Å². The smallest absolute Gasteiger partial charge is 0.119 e. The van der Waals surface area contributed by atoms with Crippen molar-refractivity contribution < 1.29 is 9.84 Å². The maximum atomic E-state index is 10.2. The normalized spacial score (nSPS) is 38.5. The fourth-order valence-electron chi connectivity index (χ4n) is 5.25. The number of piperidine rings is 1. The van der Waals surface area contributed by atoms with Crippen molar-refractivity contribution in [3.8, 4) is 5.75 Å². The largest absolute Gasteiger partial charge is 0.497 e. The average molecular weight is 287 g/mol. The van der Waals surface area contributed by atoms with E-state index in [-0.39, 0.29) is 11.5 Å². The fourth-order valence-corrected chi connectivity index (χ4v) is 5.25. The molecule has 2 bridgehead atoms. The summed E-state index contributed by atoms with van der Waals surface area (Å²) in [5, 5.41) is 10.2. The van der Waals surface area contributed by atoms with Gasteiger partial charge in [0, 0.05) is 11.5 Å². The molecule has 1 heterocycles. The second kappa shape index (κ2) is 4.72. The van der Waals surface area contributed by atoms with Crippen molar-refractivity contribution >= 4 is 0 Å². The maximum Gasteiger partial charge on any atom is 0.119 e. The predicted octanol–water partition coefficient (Wildman–Crippen LogP) is 2.35. The molecule has 3 nitrogen and oxygen atoms in total. The molecule has 3 aliphatic rings. The summed E-state index contributed by atoms with van der Waals surface area (Å²) in [5.41, 5.74) is 3.29. The standard InChI is InChI=1S/C18H25NO2/c1-19-8-7-18-6-5-13(20)10-16(18)17(19)9-12-3-4-14(21-2)11-15(12)18/h3-4,11,13,16-17,20H,5-10H2,1-2H3/t13?,16-,17+,18-/m1/s1. The summed E-state index contributed by atoms with van der Waals surface area (Å²) in [7, 11) is 4.01. The van der Waals surface area contributed by atoms with Crippen molar-refractivity contribution in [1.82, 2.24) is 4.90 Å². The minimum Gasteiger partial charge on any atom is -0.497 e. The first kappa shape index (κ1) is 13.6. The molecule has 0 radical (unpaired) electrons. The summed E-state index contributed by atoms with van der Waals surface area (Å²) in [5.74, 6) is 1.57. The van der Waals surface area contributed by atoms with Crippen molar-refractivity contribution in [3.63, 3.8) is 0 Å². The molecule has 1 N–H and O–H groups in total. The average Bonchev–Trinajstić information content (AvgIpc) is 2.50. The number of likely N-dealkylation sites (N-methyl/N-ethyl adjacent to an activating group) is 1. The fraction of sp³-hybridized carbons (Fsp3) is 0.667. The van der Waals surface area contributed by atoms with Crippen molar-refractivity contribution in [2.24, 2.45) is 5.92 Å². The van der Waals surface area contributed by atoms with Gasteiger partial charge in [-0.05, 0) is 74.9 Å². The lowest BCUT2D eigenvalue weighted by Gasteiger charge is -2.59. The molecule has 2 fully saturated rings. The van der Waals surface area contributed by atoms with E-state index in [0.717, 1.165) is 31.4 Å². The summed E-state index contributed by atoms with van der Waals surface area (Å²) in [6.45, 7) is 1.17. The monoisotopic (exact) mass is 287 g/mol. The van der Waals surface area contributed by atoms with E-state index in [1.165, 1.54) is 24.1 Å². The Labute approximate surface area is 126 Å². The van der Waals surface area contributed by atoms with Gasteiger partial charge in [-0.25, -0.2) is 0 Å². The van der Waals surface area contributed by atoms with Crippen molar-refractivity contribution in [3.05, 3.63) is 29.3 Å². The number of aliphatic hydroxyl groups excluding tert-OH is 1. The Morgan fingerprint density at radius 2 is 2.19 bits per heavy atom. The molecule has 0 spiro atoms. The van der Waals surface area contributed by atoms with Gasteiger partial charge in [0.15, 0.2) is 0 Å². The lowest BCUT2D eigenvalue weighted by molar-refractivity contribution is -0.0397. The van der Waals surface area contributed by atoms with Crippen LogP contribution in [0, 0.1) is 5.92 Å². The van der Waals surface area contributed by atoms with Gasteiger partial charge >= 0.3 is 0 Å². The highest BCUT2D eigenvalue weighted by molar-refractivity contribution is 5.45. The van der Waals surface area contributed by atoms with Gasteiger partial charge in [0.25, 0.3) is 0 Å². The molecule has 2 aliphatic carbocycles. The Hall–Kier alpha value is -1.06. The predicted molar refractivity (Wildman–Crippen MR) is 82.8 cm³/mol. The summed E-state index contributed by atoms with van der Waals surface area (Å²) >= 11 is 0. The van der Waals surface area contributed by atoms with Crippen molar-refractivity contribution in [2.75, 3.05) is 20.7 Å². The van der Waals surface area contributed by atoms with Crippen LogP contribution >= 0.6 is 0 Å². The van der Waals surface area contributed by atoms with Crippen LogP contribution in [0.3, 0.4) is 0 Å². The number of hydrogen-bond acceptors (Lipinski definition) is 3. The lowest BCUT2D eigenvalue weighted by atomic mass is 9.52. The first-order chi connectivity index (χ1) is 10.1. The maximum absolute atomic E-state index is 10.2. The Morgan fingerprint density at radius 3 is 3.00 bits per heavy atom. The van der Waals surface area contributed by atoms with Crippen LogP contribution in [0.25, 0.3) is 0 Å². The molecule has 1 saturated carbocycles. The first-order valence-corrected chi connectivity index (χ1v) is 8.20. The number of aliphatic hydroxyl groups is 1. The molecule has 3 heteroatoms. The number of methoxy groups -OCH3 is 1. The molecule has 1 aliphatic heterocycles. The minimum atomic E-state index is -0.107. The molecule has 0 amide bonds. The number of fused-ring (bicyclic) bond motifs is 1. The zero-order valence-electron chi connectivity index (χ0n) is 13.0. The second-order valence-electron chi connectivity index (χ2n) is 7.22. The molecule has 4 rings (SSSR count). The van der Waals surface area contributed by atoms with Crippen LogP contribution in [0.1, 0.15) is 36.8 Å². The molecular formula is C18H25NO2. The van der Waals surface area contributed by atoms with Gasteiger partial charge in [0.2, 0.25) is 0 Å². The number of benzene rings is 1. The molecular weight excluding hydrogens is 262 g/mol. The van der Waals surface area contributed by atoms with E-state index < -0.39 is 0 Å². The van der Waals surface area contributed by atoms with E-state index in [4.69, 9.17) is 4.74 Å². The number of ether oxygens (including phenoxy) is 1. The Morgan fingerprint density at radius 1 is 1.33 bits per heavy atom. The minimum absolute atomic E-state index is 0.107. The van der Waals surface area contributed by atoms with Gasteiger partial charge < -0.3 is 14.7 Å². The highest BCUT2D eigenvalue weighted by Gasteiger charge is 2.54. The summed E-state index contributed by atoms with van der Waals surface area (Å²) in [6, 6.07) is 7.24. The lowest BCUT2D eigenvalue weighted by Crippen LogP contribution is -2.61. The van der Waals surface area contributed by atoms with E-state index in [1.807, 2.05) is 0 Å². The van der Waals surface area contributed by atoms with E-state index in [9.17, 15) is 5.11 Å². The summed E-state index contributed by atoms with van der Waals surface area (Å²) < 4.78 is 5.48. The van der Waals surface area contributed by atoms with E-state index in [2.05, 4.69) is 30.1 Å². The van der Waals surface area contributed by atoms with Crippen LogP contribution in [0.2, 0.25) is 0 Å². The van der Waals surface area contributed by atoms with Crippen molar-refractivity contribution in [2.45, 2.75) is 49.7 Å². The van der Waals surface area contributed by atoms with Crippen LogP contribution in [-0.2, 0) is 11.8 Å². The Kier molecular flexibility index (Phi) is 3.05. The molecule has 1 unspecified atom stereocenters. The summed E-state index contributed by atoms with van der Waals surface area (Å²) in [4.78, 5) is 2.52. The van der Waals surface area contributed by atoms with Gasteiger partial charge in [-0.1, -0.05) is 6.07 Å². The highest BCUT2D eigenvalue weighted by Crippen LogP contribution is 2.55. The van der Waals surface area contributed by atoms with Crippen LogP contribution in [0.15, 0.2) is 18.2 Å². The zero-order chi connectivity index (χ0) is 14.6. The van der Waals surface area contributed by atoms with Gasteiger partial charge in [0.05, 0.1) is 13.2 Å². The quantitative estimate of drug-likeness (QED) is 0.860. The third-order valence-electron chi connectivity index (χ3n) is 6.38. The van der Waals surface area contributed by atoms with Gasteiger partial charge in [-0.3, -0.25) is 0 Å². The van der Waals surface area contributed by atoms with Crippen LogP contribution in [0.4, 0.5) is 0 Å². The Balaban J connectivity index is 1.86. The number of rotatable bonds is 1. The summed E-state index contributed by atoms with van der Waals surface area (Å²) in [6.07, 6.45) is 5.27. The first-order valence-electron chi connectivity index (χ1n) is 8.20. The topological polar surface area (TPSA) is 32.7 Å². The molecule has 4 atom stereocenters. The third-order valence-corrected chi connectivity index (χ3v) is 6.38. The number of hydrogen-bond donors (Lipinski definition) is 1. The Bertz CT molecular complexity index is 554. The SMILES string of the molecule is COc1ccc2c(c1)[C@]13CCC(O)C[C@@H]1[C@H](C2)N(C)CC3. The molecule has 1 aromatic rings. The van der Waals surface area contributed by atoms with Gasteiger partial charge in [0.1, 0.15) is 5.75 Å². The number of nitrogens with zero attached hydrogens (tertiary/aromatic N) is 1. The molecule has 1 aromatic carbocycles. The van der Waals surface area contributed by atoms with Crippen LogP contribution in [-0.4, -0.2) is 42.9 Å².